The van der Waals surface area contributed by atoms with Crippen LogP contribution in [0.3, 0.4) is 0 Å². The van der Waals surface area contributed by atoms with Crippen molar-refractivity contribution in [3.8, 4) is 11.8 Å². The molecule has 0 saturated carbocycles. The molecule has 0 aliphatic rings. The van der Waals surface area contributed by atoms with Gasteiger partial charge in [-0.1, -0.05) is 5.92 Å². The van der Waals surface area contributed by atoms with E-state index in [1.54, 1.807) is 17.6 Å². The molecular formula is C8H6N4. The second kappa shape index (κ2) is 2.62. The molecule has 0 bridgehead atoms. The van der Waals surface area contributed by atoms with Gasteiger partial charge in [0, 0.05) is 6.20 Å². The van der Waals surface area contributed by atoms with Gasteiger partial charge in [0.05, 0.1) is 0 Å². The third-order valence-corrected chi connectivity index (χ3v) is 1.42. The zero-order valence-corrected chi connectivity index (χ0v) is 6.52. The van der Waals surface area contributed by atoms with Crippen molar-refractivity contribution in [3.63, 3.8) is 0 Å². The van der Waals surface area contributed by atoms with Gasteiger partial charge < -0.3 is 0 Å². The first-order valence-corrected chi connectivity index (χ1v) is 3.51. The lowest BCUT2D eigenvalue weighted by atomic mass is 10.5. The van der Waals surface area contributed by atoms with E-state index in [9.17, 15) is 0 Å². The Balaban J connectivity index is 2.76. The fraction of sp³-hybridized carbons (Fsp3) is 0.125. The molecule has 0 spiro atoms. The van der Waals surface area contributed by atoms with E-state index in [-0.39, 0.29) is 0 Å². The van der Waals surface area contributed by atoms with Gasteiger partial charge in [0.2, 0.25) is 5.82 Å². The van der Waals surface area contributed by atoms with E-state index < -0.39 is 0 Å². The lowest BCUT2D eigenvalue weighted by Gasteiger charge is -1.87. The molecule has 58 valence electrons. The molecule has 2 aromatic heterocycles. The van der Waals surface area contributed by atoms with Crippen LogP contribution in [0.15, 0.2) is 18.3 Å². The van der Waals surface area contributed by atoms with E-state index in [4.69, 9.17) is 0 Å². The lowest BCUT2D eigenvalue weighted by molar-refractivity contribution is 0.908. The zero-order chi connectivity index (χ0) is 8.39. The average Bonchev–Trinajstić information content (AvgIpc) is 2.50. The average molecular weight is 158 g/mol. The summed E-state index contributed by atoms with van der Waals surface area (Å²) in [6, 6.07) is 3.65. The Kier molecular flexibility index (Phi) is 1.49. The highest BCUT2D eigenvalue weighted by Gasteiger charge is 2.00. The van der Waals surface area contributed by atoms with Crippen molar-refractivity contribution in [2.24, 2.45) is 0 Å². The van der Waals surface area contributed by atoms with E-state index >= 15 is 0 Å². The Labute approximate surface area is 69.2 Å². The highest BCUT2D eigenvalue weighted by molar-refractivity contribution is 5.38. The van der Waals surface area contributed by atoms with Gasteiger partial charge in [0.25, 0.3) is 0 Å². The fourth-order valence-corrected chi connectivity index (χ4v) is 0.934. The van der Waals surface area contributed by atoms with Crippen molar-refractivity contribution in [2.75, 3.05) is 0 Å². The summed E-state index contributed by atoms with van der Waals surface area (Å²) in [4.78, 5) is 0. The van der Waals surface area contributed by atoms with Crippen LogP contribution < -0.4 is 0 Å². The van der Waals surface area contributed by atoms with Crippen LogP contribution in [0.4, 0.5) is 0 Å². The number of aromatic nitrogens is 4. The first kappa shape index (κ1) is 6.80. The van der Waals surface area contributed by atoms with Gasteiger partial charge in [-0.15, -0.1) is 10.2 Å². The normalized spacial score (nSPS) is 9.42. The minimum Gasteiger partial charge on any atom is -0.186 e. The van der Waals surface area contributed by atoms with Crippen LogP contribution >= 0.6 is 0 Å². The van der Waals surface area contributed by atoms with Crippen LogP contribution in [0.5, 0.6) is 0 Å². The van der Waals surface area contributed by atoms with E-state index in [2.05, 4.69) is 27.1 Å². The van der Waals surface area contributed by atoms with Gasteiger partial charge in [0.1, 0.15) is 0 Å². The monoisotopic (exact) mass is 158 g/mol. The third-order valence-electron chi connectivity index (χ3n) is 1.42. The molecule has 0 aliphatic heterocycles. The minimum atomic E-state index is 0.577. The summed E-state index contributed by atoms with van der Waals surface area (Å²) in [7, 11) is 0. The van der Waals surface area contributed by atoms with Crippen LogP contribution in [0, 0.1) is 11.8 Å². The van der Waals surface area contributed by atoms with E-state index in [1.807, 2.05) is 12.1 Å². The maximum atomic E-state index is 4.05. The molecule has 2 rings (SSSR count). The number of nitrogens with zero attached hydrogens (tertiary/aromatic N) is 4. The standard InChI is InChI=1S/C8H6N4/c1-2-4-7-10-11-8-5-3-6-9-12(7)8/h3,5-6H,1H3. The van der Waals surface area contributed by atoms with Crippen molar-refractivity contribution in [1.29, 1.82) is 0 Å². The van der Waals surface area contributed by atoms with Gasteiger partial charge in [-0.25, -0.2) is 0 Å². The van der Waals surface area contributed by atoms with Gasteiger partial charge in [-0.2, -0.15) is 9.61 Å². The second-order valence-corrected chi connectivity index (χ2v) is 2.19. The molecular weight excluding hydrogens is 152 g/mol. The Morgan fingerprint density at radius 2 is 2.33 bits per heavy atom. The maximum Gasteiger partial charge on any atom is 0.229 e. The van der Waals surface area contributed by atoms with Crippen molar-refractivity contribution < 1.29 is 0 Å². The zero-order valence-electron chi connectivity index (χ0n) is 6.52. The SMILES string of the molecule is CC#Cc1nnc2cccnn12. The van der Waals surface area contributed by atoms with E-state index in [0.717, 1.165) is 5.65 Å². The topological polar surface area (TPSA) is 43.1 Å². The van der Waals surface area contributed by atoms with Crippen molar-refractivity contribution in [3.05, 3.63) is 24.2 Å². The molecule has 2 aromatic rings. The molecule has 0 amide bonds. The Bertz CT molecular complexity index is 460. The van der Waals surface area contributed by atoms with Crippen molar-refractivity contribution >= 4 is 5.65 Å². The molecule has 0 unspecified atom stereocenters. The fourth-order valence-electron chi connectivity index (χ4n) is 0.934. The molecule has 4 heteroatoms. The summed E-state index contributed by atoms with van der Waals surface area (Å²) >= 11 is 0. The van der Waals surface area contributed by atoms with Crippen LogP contribution in [0.1, 0.15) is 12.7 Å². The first-order valence-electron chi connectivity index (χ1n) is 3.51. The quantitative estimate of drug-likeness (QED) is 0.524. The number of rotatable bonds is 0. The largest absolute Gasteiger partial charge is 0.229 e. The molecule has 0 aromatic carbocycles. The summed E-state index contributed by atoms with van der Waals surface area (Å²) in [6.07, 6.45) is 1.68. The van der Waals surface area contributed by atoms with Gasteiger partial charge in [-0.3, -0.25) is 0 Å². The van der Waals surface area contributed by atoms with Gasteiger partial charge in [0.15, 0.2) is 5.65 Å². The van der Waals surface area contributed by atoms with E-state index in [0.29, 0.717) is 5.82 Å². The summed E-state index contributed by atoms with van der Waals surface area (Å²) in [6.45, 7) is 1.75. The predicted molar refractivity (Wildman–Crippen MR) is 43.3 cm³/mol. The van der Waals surface area contributed by atoms with Crippen LogP contribution in [0.25, 0.3) is 5.65 Å². The summed E-state index contributed by atoms with van der Waals surface area (Å²) in [5.41, 5.74) is 0.718. The highest BCUT2D eigenvalue weighted by Crippen LogP contribution is 1.97. The molecule has 0 fully saturated rings. The molecule has 0 atom stereocenters. The Morgan fingerprint density at radius 1 is 1.42 bits per heavy atom. The van der Waals surface area contributed by atoms with Crippen LogP contribution in [-0.4, -0.2) is 19.8 Å². The van der Waals surface area contributed by atoms with Gasteiger partial charge in [-0.05, 0) is 25.0 Å². The Hall–Kier alpha value is -1.89. The summed E-state index contributed by atoms with van der Waals surface area (Å²) in [5, 5.41) is 11.8. The molecule has 12 heavy (non-hydrogen) atoms. The summed E-state index contributed by atoms with van der Waals surface area (Å²) in [5.74, 6) is 6.13. The van der Waals surface area contributed by atoms with Crippen molar-refractivity contribution in [2.45, 2.75) is 6.92 Å². The molecule has 0 saturated heterocycles. The second-order valence-electron chi connectivity index (χ2n) is 2.19. The molecule has 0 aliphatic carbocycles. The minimum absolute atomic E-state index is 0.577. The lowest BCUT2D eigenvalue weighted by Crippen LogP contribution is -1.92. The number of fused-ring (bicyclic) bond motifs is 1. The third kappa shape index (κ3) is 0.920. The number of hydrogen-bond acceptors (Lipinski definition) is 3. The predicted octanol–water partition coefficient (Wildman–Crippen LogP) is 0.496. The van der Waals surface area contributed by atoms with Crippen LogP contribution in [-0.2, 0) is 0 Å². The maximum absolute atomic E-state index is 4.05. The highest BCUT2D eigenvalue weighted by atomic mass is 15.4. The molecule has 4 nitrogen and oxygen atoms in total. The number of hydrogen-bond donors (Lipinski definition) is 0. The van der Waals surface area contributed by atoms with Gasteiger partial charge >= 0.3 is 0 Å². The molecule has 0 radical (unpaired) electrons. The van der Waals surface area contributed by atoms with Crippen LogP contribution in [0.2, 0.25) is 0 Å². The van der Waals surface area contributed by atoms with Crippen molar-refractivity contribution in [1.82, 2.24) is 19.8 Å². The first-order chi connectivity index (χ1) is 5.92. The van der Waals surface area contributed by atoms with E-state index in [1.165, 1.54) is 0 Å². The molecule has 0 N–H and O–H groups in total. The Morgan fingerprint density at radius 3 is 3.17 bits per heavy atom. The summed E-state index contributed by atoms with van der Waals surface area (Å²) < 4.78 is 1.61. The smallest absolute Gasteiger partial charge is 0.186 e. The molecule has 2 heterocycles.